The van der Waals surface area contributed by atoms with Crippen LogP contribution < -0.4 is 5.73 Å². The van der Waals surface area contributed by atoms with Crippen molar-refractivity contribution < 1.29 is 0 Å². The Labute approximate surface area is 80.8 Å². The predicted molar refractivity (Wildman–Crippen MR) is 56.1 cm³/mol. The number of hydrogen-bond acceptors (Lipinski definition) is 2. The zero-order chi connectivity index (χ0) is 9.52. The van der Waals surface area contributed by atoms with E-state index in [1.807, 2.05) is 0 Å². The predicted octanol–water partition coefficient (Wildman–Crippen LogP) is 1.58. The minimum Gasteiger partial charge on any atom is -0.388 e. The van der Waals surface area contributed by atoms with Gasteiger partial charge < -0.3 is 10.6 Å². The lowest BCUT2D eigenvalue weighted by Gasteiger charge is -2.26. The number of unbranched alkanes of at least 4 members (excludes halogenated alkanes) is 1. The van der Waals surface area contributed by atoms with Crippen molar-refractivity contribution in [1.82, 2.24) is 4.90 Å². The third kappa shape index (κ3) is 4.88. The summed E-state index contributed by atoms with van der Waals surface area (Å²) in [5, 5.41) is 7.08. The summed E-state index contributed by atoms with van der Waals surface area (Å²) in [4.78, 5) is 2.53. The highest BCUT2D eigenvalue weighted by atomic mass is 15.1. The minimum absolute atomic E-state index is 0.332. The van der Waals surface area contributed by atoms with Crippen LogP contribution in [0.15, 0.2) is 0 Å². The van der Waals surface area contributed by atoms with Crippen LogP contribution in [0.3, 0.4) is 0 Å². The van der Waals surface area contributed by atoms with Gasteiger partial charge in [0.2, 0.25) is 0 Å². The van der Waals surface area contributed by atoms with Gasteiger partial charge in [-0.15, -0.1) is 0 Å². The quantitative estimate of drug-likeness (QED) is 0.386. The molecule has 1 saturated heterocycles. The Balaban J connectivity index is 1.95. The Morgan fingerprint density at radius 2 is 1.85 bits per heavy atom. The Morgan fingerprint density at radius 1 is 1.15 bits per heavy atom. The fraction of sp³-hybridized carbons (Fsp3) is 0.900. The molecule has 1 rings (SSSR count). The summed E-state index contributed by atoms with van der Waals surface area (Å²) in [6, 6.07) is 0. The molecule has 76 valence electrons. The van der Waals surface area contributed by atoms with Crippen LogP contribution in [0.2, 0.25) is 0 Å². The highest BCUT2D eigenvalue weighted by molar-refractivity contribution is 5.76. The molecule has 0 aliphatic carbocycles. The molecule has 1 heterocycles. The molecule has 1 aliphatic rings. The fourth-order valence-electron chi connectivity index (χ4n) is 1.83. The molecule has 0 radical (unpaired) electrons. The molecule has 0 bridgehead atoms. The molecule has 0 saturated carbocycles. The minimum atomic E-state index is 0.332. The van der Waals surface area contributed by atoms with Gasteiger partial charge in [-0.05, 0) is 45.3 Å². The third-order valence-electron chi connectivity index (χ3n) is 2.62. The van der Waals surface area contributed by atoms with Gasteiger partial charge in [-0.1, -0.05) is 6.42 Å². The summed E-state index contributed by atoms with van der Waals surface area (Å²) in [6.07, 6.45) is 7.18. The second-order valence-corrected chi connectivity index (χ2v) is 3.88. The first kappa shape index (κ1) is 10.5. The Hall–Kier alpha value is -0.570. The molecule has 1 aliphatic heterocycles. The van der Waals surface area contributed by atoms with E-state index in [2.05, 4.69) is 4.90 Å². The molecule has 0 unspecified atom stereocenters. The molecule has 13 heavy (non-hydrogen) atoms. The molecule has 0 amide bonds. The van der Waals surface area contributed by atoms with Crippen LogP contribution in [0.5, 0.6) is 0 Å². The van der Waals surface area contributed by atoms with Gasteiger partial charge >= 0.3 is 0 Å². The smallest absolute Gasteiger partial charge is 0.0905 e. The van der Waals surface area contributed by atoms with Crippen molar-refractivity contribution in [2.75, 3.05) is 19.6 Å². The van der Waals surface area contributed by atoms with E-state index in [1.54, 1.807) is 0 Å². The average Bonchev–Trinajstić information content (AvgIpc) is 2.14. The number of rotatable bonds is 5. The van der Waals surface area contributed by atoms with E-state index in [1.165, 1.54) is 45.3 Å². The van der Waals surface area contributed by atoms with Gasteiger partial charge in [0, 0.05) is 6.42 Å². The van der Waals surface area contributed by atoms with Gasteiger partial charge in [-0.25, -0.2) is 0 Å². The molecule has 3 nitrogen and oxygen atoms in total. The normalized spacial score (nSPS) is 18.8. The van der Waals surface area contributed by atoms with E-state index in [4.69, 9.17) is 11.1 Å². The van der Waals surface area contributed by atoms with Crippen molar-refractivity contribution in [2.45, 2.75) is 38.5 Å². The van der Waals surface area contributed by atoms with Crippen LogP contribution in [-0.4, -0.2) is 30.4 Å². The second-order valence-electron chi connectivity index (χ2n) is 3.88. The molecule has 3 heteroatoms. The van der Waals surface area contributed by atoms with E-state index < -0.39 is 0 Å². The van der Waals surface area contributed by atoms with Crippen LogP contribution in [0.25, 0.3) is 0 Å². The summed E-state index contributed by atoms with van der Waals surface area (Å²) >= 11 is 0. The molecule has 0 spiro atoms. The number of nitrogens with two attached hydrogens (primary N) is 1. The SMILES string of the molecule is N=C(N)CCCCN1CCCCC1. The molecular weight excluding hydrogens is 162 g/mol. The highest BCUT2D eigenvalue weighted by Crippen LogP contribution is 2.09. The summed E-state index contributed by atoms with van der Waals surface area (Å²) in [5.74, 6) is 0.332. The first-order valence-corrected chi connectivity index (χ1v) is 5.34. The Bertz CT molecular complexity index is 150. The molecule has 1 fully saturated rings. The van der Waals surface area contributed by atoms with Gasteiger partial charge in [-0.3, -0.25) is 5.41 Å². The number of piperidine rings is 1. The van der Waals surface area contributed by atoms with Gasteiger partial charge in [-0.2, -0.15) is 0 Å². The van der Waals surface area contributed by atoms with Crippen LogP contribution >= 0.6 is 0 Å². The van der Waals surface area contributed by atoms with Gasteiger partial charge in [0.25, 0.3) is 0 Å². The monoisotopic (exact) mass is 183 g/mol. The van der Waals surface area contributed by atoms with Crippen LogP contribution in [0.1, 0.15) is 38.5 Å². The molecule has 0 aromatic rings. The second kappa shape index (κ2) is 5.97. The van der Waals surface area contributed by atoms with Crippen molar-refractivity contribution in [3.8, 4) is 0 Å². The van der Waals surface area contributed by atoms with Crippen LogP contribution in [0.4, 0.5) is 0 Å². The van der Waals surface area contributed by atoms with Crippen molar-refractivity contribution in [3.05, 3.63) is 0 Å². The maximum absolute atomic E-state index is 7.08. The fourth-order valence-corrected chi connectivity index (χ4v) is 1.83. The van der Waals surface area contributed by atoms with Crippen LogP contribution in [0, 0.1) is 5.41 Å². The summed E-state index contributed by atoms with van der Waals surface area (Å²) in [7, 11) is 0. The molecule has 0 aromatic carbocycles. The summed E-state index contributed by atoms with van der Waals surface area (Å²) in [6.45, 7) is 3.76. The highest BCUT2D eigenvalue weighted by Gasteiger charge is 2.08. The van der Waals surface area contributed by atoms with Crippen molar-refractivity contribution in [2.24, 2.45) is 5.73 Å². The number of hydrogen-bond donors (Lipinski definition) is 2. The van der Waals surface area contributed by atoms with Crippen molar-refractivity contribution in [1.29, 1.82) is 5.41 Å². The van der Waals surface area contributed by atoms with Crippen molar-refractivity contribution in [3.63, 3.8) is 0 Å². The maximum Gasteiger partial charge on any atom is 0.0905 e. The third-order valence-corrected chi connectivity index (χ3v) is 2.62. The molecule has 0 atom stereocenters. The number of nitrogens with one attached hydrogen (secondary N) is 1. The number of amidine groups is 1. The van der Waals surface area contributed by atoms with E-state index in [0.29, 0.717) is 5.84 Å². The van der Waals surface area contributed by atoms with E-state index in [-0.39, 0.29) is 0 Å². The molecule has 3 N–H and O–H groups in total. The molecular formula is C10H21N3. The maximum atomic E-state index is 7.08. The Kier molecular flexibility index (Phi) is 4.83. The number of likely N-dealkylation sites (tertiary alicyclic amines) is 1. The van der Waals surface area contributed by atoms with Crippen molar-refractivity contribution >= 4 is 5.84 Å². The lowest BCUT2D eigenvalue weighted by molar-refractivity contribution is 0.225. The largest absolute Gasteiger partial charge is 0.388 e. The number of nitrogens with zero attached hydrogens (tertiary/aromatic N) is 1. The zero-order valence-electron chi connectivity index (χ0n) is 8.39. The van der Waals surface area contributed by atoms with E-state index in [9.17, 15) is 0 Å². The zero-order valence-corrected chi connectivity index (χ0v) is 8.39. The average molecular weight is 183 g/mol. The van der Waals surface area contributed by atoms with Crippen LogP contribution in [-0.2, 0) is 0 Å². The topological polar surface area (TPSA) is 53.1 Å². The standard InChI is InChI=1S/C10H21N3/c11-10(12)6-2-5-9-13-7-3-1-4-8-13/h1-9H2,(H3,11,12). The van der Waals surface area contributed by atoms with E-state index in [0.717, 1.165) is 12.8 Å². The summed E-state index contributed by atoms with van der Waals surface area (Å²) in [5.41, 5.74) is 5.28. The first-order chi connectivity index (χ1) is 6.29. The van der Waals surface area contributed by atoms with E-state index >= 15 is 0 Å². The van der Waals surface area contributed by atoms with Gasteiger partial charge in [0.15, 0.2) is 0 Å². The van der Waals surface area contributed by atoms with Gasteiger partial charge in [0.1, 0.15) is 0 Å². The van der Waals surface area contributed by atoms with Gasteiger partial charge in [0.05, 0.1) is 5.84 Å². The lowest BCUT2D eigenvalue weighted by atomic mass is 10.1. The Morgan fingerprint density at radius 3 is 2.46 bits per heavy atom. The summed E-state index contributed by atoms with van der Waals surface area (Å²) < 4.78 is 0. The first-order valence-electron chi connectivity index (χ1n) is 5.34. The lowest BCUT2D eigenvalue weighted by Crippen LogP contribution is -2.30. The molecule has 0 aromatic heterocycles.